The second kappa shape index (κ2) is 6.32. The van der Waals surface area contributed by atoms with Crippen molar-refractivity contribution >= 4 is 30.2 Å². The Bertz CT molecular complexity index is 1180. The van der Waals surface area contributed by atoms with Crippen molar-refractivity contribution in [1.82, 2.24) is 19.7 Å². The van der Waals surface area contributed by atoms with Crippen molar-refractivity contribution < 1.29 is 9.53 Å². The lowest BCUT2D eigenvalue weighted by atomic mass is 9.93. The number of aromatic amines is 1. The summed E-state index contributed by atoms with van der Waals surface area (Å²) in [5.74, 6) is 0.766. The van der Waals surface area contributed by atoms with Crippen LogP contribution in [0.1, 0.15) is 10.4 Å². The lowest BCUT2D eigenvalue weighted by Crippen LogP contribution is -2.10. The van der Waals surface area contributed by atoms with Gasteiger partial charge in [0.2, 0.25) is 5.91 Å². The minimum absolute atomic E-state index is 0.426. The number of ether oxygens (including phenoxy) is 1. The van der Waals surface area contributed by atoms with E-state index in [-0.39, 0.29) is 0 Å². The number of aromatic nitrogens is 4. The lowest BCUT2D eigenvalue weighted by molar-refractivity contribution is 0.100. The van der Waals surface area contributed by atoms with Gasteiger partial charge in [-0.05, 0) is 18.2 Å². The van der Waals surface area contributed by atoms with Gasteiger partial charge in [-0.15, -0.1) is 0 Å². The molecule has 2 aromatic heterocycles. The van der Waals surface area contributed by atoms with E-state index in [1.54, 1.807) is 30.0 Å². The van der Waals surface area contributed by atoms with Crippen LogP contribution >= 0.6 is 0 Å². The molecule has 1 amide bonds. The third kappa shape index (κ3) is 2.85. The van der Waals surface area contributed by atoms with Crippen LogP contribution in [0.4, 0.5) is 0 Å². The fourth-order valence-electron chi connectivity index (χ4n) is 3.21. The highest BCUT2D eigenvalue weighted by molar-refractivity contribution is 6.32. The van der Waals surface area contributed by atoms with E-state index in [0.717, 1.165) is 33.4 Å². The first-order valence-corrected chi connectivity index (χ1v) is 8.46. The first kappa shape index (κ1) is 16.9. The number of H-pyrrole nitrogens is 1. The number of fused-ring (bicyclic) bond motifs is 1. The average Bonchev–Trinajstić information content (AvgIpc) is 3.20. The zero-order valence-electron chi connectivity index (χ0n) is 15.3. The van der Waals surface area contributed by atoms with Gasteiger partial charge in [-0.25, -0.2) is 4.98 Å². The van der Waals surface area contributed by atoms with Crippen molar-refractivity contribution in [1.29, 1.82) is 0 Å². The quantitative estimate of drug-likeness (QED) is 0.531. The van der Waals surface area contributed by atoms with Crippen LogP contribution < -0.4 is 15.9 Å². The maximum Gasteiger partial charge on any atom is 0.248 e. The maximum absolute atomic E-state index is 11.4. The van der Waals surface area contributed by atoms with Gasteiger partial charge in [0, 0.05) is 18.2 Å². The predicted molar refractivity (Wildman–Crippen MR) is 107 cm³/mol. The molecular weight excluding hydrogens is 341 g/mol. The fourth-order valence-corrected chi connectivity index (χ4v) is 3.21. The number of rotatable bonds is 4. The van der Waals surface area contributed by atoms with Crippen molar-refractivity contribution in [3.05, 3.63) is 48.0 Å². The Morgan fingerprint density at radius 2 is 2.07 bits per heavy atom. The number of primary amides is 1. The molecular formula is C19H18BN5O2. The number of benzene rings is 2. The highest BCUT2D eigenvalue weighted by Crippen LogP contribution is 2.37. The summed E-state index contributed by atoms with van der Waals surface area (Å²) in [7, 11) is 5.50. The van der Waals surface area contributed by atoms with Crippen LogP contribution in [0, 0.1) is 0 Å². The van der Waals surface area contributed by atoms with Crippen LogP contribution in [-0.2, 0) is 7.05 Å². The van der Waals surface area contributed by atoms with Gasteiger partial charge in [0.1, 0.15) is 19.2 Å². The molecule has 134 valence electrons. The molecule has 0 spiro atoms. The molecule has 0 saturated heterocycles. The second-order valence-electron chi connectivity index (χ2n) is 6.41. The number of methoxy groups -OCH3 is 1. The molecule has 0 fully saturated rings. The molecule has 3 N–H and O–H groups in total. The average molecular weight is 359 g/mol. The van der Waals surface area contributed by atoms with Crippen LogP contribution in [-0.4, -0.2) is 40.6 Å². The Hall–Kier alpha value is -3.55. The molecule has 4 rings (SSSR count). The molecule has 0 aliphatic rings. The predicted octanol–water partition coefficient (Wildman–Crippen LogP) is 0.996. The van der Waals surface area contributed by atoms with E-state index in [4.69, 9.17) is 10.5 Å². The summed E-state index contributed by atoms with van der Waals surface area (Å²) in [6.07, 6.45) is 0. The Balaban J connectivity index is 1.89. The summed E-state index contributed by atoms with van der Waals surface area (Å²) in [5, 5.41) is 4.64. The summed E-state index contributed by atoms with van der Waals surface area (Å²) in [4.78, 5) is 19.3. The van der Waals surface area contributed by atoms with Gasteiger partial charge in [0.25, 0.3) is 0 Å². The van der Waals surface area contributed by atoms with Crippen LogP contribution in [0.3, 0.4) is 0 Å². The number of nitrogens with one attached hydrogen (secondary N) is 1. The molecule has 27 heavy (non-hydrogen) atoms. The zero-order valence-corrected chi connectivity index (χ0v) is 15.3. The van der Waals surface area contributed by atoms with E-state index < -0.39 is 5.91 Å². The second-order valence-corrected chi connectivity index (χ2v) is 6.41. The number of aryl methyl sites for hydroxylation is 1. The van der Waals surface area contributed by atoms with E-state index in [1.165, 1.54) is 0 Å². The van der Waals surface area contributed by atoms with E-state index in [0.29, 0.717) is 17.1 Å². The molecule has 0 aliphatic carbocycles. The first-order chi connectivity index (χ1) is 13.0. The topological polar surface area (TPSA) is 98.8 Å². The number of carbonyl (C=O) groups excluding carboxylic acids is 1. The highest BCUT2D eigenvalue weighted by atomic mass is 16.5. The molecule has 0 unspecified atom stereocenters. The van der Waals surface area contributed by atoms with Gasteiger partial charge in [-0.2, -0.15) is 5.10 Å². The number of hydrogen-bond acceptors (Lipinski definition) is 4. The standard InChI is InChI=1S/C19H18BN5O2/c1-25-16(17(27-2)15(24-25)10-4-3-5-12(20)8-10)19-22-13-7-6-11(18(21)26)9-14(13)23-19/h3-9H,20H2,1-2H3,(H2,21,26)(H,22,23). The minimum atomic E-state index is -0.479. The smallest absolute Gasteiger partial charge is 0.248 e. The summed E-state index contributed by atoms with van der Waals surface area (Å²) >= 11 is 0. The first-order valence-electron chi connectivity index (χ1n) is 8.46. The summed E-state index contributed by atoms with van der Waals surface area (Å²) in [6, 6.07) is 13.2. The molecule has 0 atom stereocenters. The minimum Gasteiger partial charge on any atom is -0.492 e. The molecule has 0 aliphatic heterocycles. The third-order valence-corrected chi connectivity index (χ3v) is 4.49. The largest absolute Gasteiger partial charge is 0.492 e. The van der Waals surface area contributed by atoms with Crippen LogP contribution in [0.2, 0.25) is 0 Å². The van der Waals surface area contributed by atoms with Gasteiger partial charge in [0.05, 0.1) is 18.1 Å². The fraction of sp³-hybridized carbons (Fsp3) is 0.105. The van der Waals surface area contributed by atoms with Crippen molar-refractivity contribution in [2.75, 3.05) is 7.11 Å². The van der Waals surface area contributed by atoms with Gasteiger partial charge in [0.15, 0.2) is 11.6 Å². The molecule has 8 heteroatoms. The van der Waals surface area contributed by atoms with Crippen molar-refractivity contribution in [3.8, 4) is 28.5 Å². The van der Waals surface area contributed by atoms with Crippen molar-refractivity contribution in [3.63, 3.8) is 0 Å². The highest BCUT2D eigenvalue weighted by Gasteiger charge is 2.22. The zero-order chi connectivity index (χ0) is 19.1. The Labute approximate surface area is 156 Å². The number of nitrogens with two attached hydrogens (primary N) is 1. The van der Waals surface area contributed by atoms with E-state index in [9.17, 15) is 4.79 Å². The van der Waals surface area contributed by atoms with E-state index in [1.807, 2.05) is 33.1 Å². The number of carbonyl (C=O) groups is 1. The summed E-state index contributed by atoms with van der Waals surface area (Å²) in [5.41, 5.74) is 10.8. The van der Waals surface area contributed by atoms with Crippen LogP contribution in [0.15, 0.2) is 42.5 Å². The molecule has 2 aromatic carbocycles. The molecule has 7 nitrogen and oxygen atoms in total. The Morgan fingerprint density at radius 1 is 1.26 bits per heavy atom. The van der Waals surface area contributed by atoms with Gasteiger partial charge in [-0.3, -0.25) is 9.48 Å². The molecule has 0 bridgehead atoms. The molecule has 2 heterocycles. The van der Waals surface area contributed by atoms with E-state index >= 15 is 0 Å². The summed E-state index contributed by atoms with van der Waals surface area (Å²) < 4.78 is 7.43. The Kier molecular flexibility index (Phi) is 3.95. The monoisotopic (exact) mass is 359 g/mol. The molecule has 4 aromatic rings. The molecule has 0 radical (unpaired) electrons. The number of imidazole rings is 1. The van der Waals surface area contributed by atoms with Crippen LogP contribution in [0.5, 0.6) is 5.75 Å². The van der Waals surface area contributed by atoms with Crippen LogP contribution in [0.25, 0.3) is 33.8 Å². The van der Waals surface area contributed by atoms with Gasteiger partial charge < -0.3 is 15.5 Å². The van der Waals surface area contributed by atoms with Crippen molar-refractivity contribution in [2.45, 2.75) is 0 Å². The number of hydrogen-bond donors (Lipinski definition) is 2. The number of amides is 1. The van der Waals surface area contributed by atoms with Gasteiger partial charge in [-0.1, -0.05) is 29.7 Å². The normalized spacial score (nSPS) is 11.0. The number of nitrogens with zero attached hydrogens (tertiary/aromatic N) is 3. The SMILES string of the molecule is Bc1cccc(-c2nn(C)c(-c3nc4ccc(C(N)=O)cc4[nH]3)c2OC)c1. The Morgan fingerprint density at radius 3 is 2.78 bits per heavy atom. The third-order valence-electron chi connectivity index (χ3n) is 4.49. The summed E-state index contributed by atoms with van der Waals surface area (Å²) in [6.45, 7) is 0. The van der Waals surface area contributed by atoms with Gasteiger partial charge >= 0.3 is 0 Å². The van der Waals surface area contributed by atoms with E-state index in [2.05, 4.69) is 21.1 Å². The van der Waals surface area contributed by atoms with Crippen molar-refractivity contribution in [2.24, 2.45) is 12.8 Å². The lowest BCUT2D eigenvalue weighted by Gasteiger charge is -2.04. The molecule has 0 saturated carbocycles. The maximum atomic E-state index is 11.4.